The maximum absolute atomic E-state index is 12.6. The number of hydrogen-bond acceptors (Lipinski definition) is 5. The van der Waals surface area contributed by atoms with Gasteiger partial charge in [0.2, 0.25) is 17.7 Å². The molecule has 0 aliphatic carbocycles. The van der Waals surface area contributed by atoms with E-state index in [1.54, 1.807) is 13.1 Å². The summed E-state index contributed by atoms with van der Waals surface area (Å²) in [6.45, 7) is 3.96. The monoisotopic (exact) mass is 325 g/mol. The third kappa shape index (κ3) is 2.63. The molecule has 4 rings (SSSR count). The van der Waals surface area contributed by atoms with Crippen molar-refractivity contribution in [2.75, 3.05) is 13.1 Å². The molecule has 2 aliphatic heterocycles. The van der Waals surface area contributed by atoms with Crippen LogP contribution in [0.15, 0.2) is 40.9 Å². The normalized spacial score (nSPS) is 24.0. The molecule has 1 aromatic heterocycles. The zero-order chi connectivity index (χ0) is 16.7. The number of imide groups is 1. The van der Waals surface area contributed by atoms with Gasteiger partial charge < -0.3 is 4.42 Å². The summed E-state index contributed by atoms with van der Waals surface area (Å²) in [4.78, 5) is 32.8. The van der Waals surface area contributed by atoms with Crippen LogP contribution in [0.3, 0.4) is 0 Å². The molecule has 6 heteroatoms. The van der Waals surface area contributed by atoms with Gasteiger partial charge in [-0.05, 0) is 12.5 Å². The minimum Gasteiger partial charge on any atom is -0.444 e. The summed E-state index contributed by atoms with van der Waals surface area (Å²) in [5.41, 5.74) is 1.20. The van der Waals surface area contributed by atoms with E-state index in [4.69, 9.17) is 4.42 Å². The lowest BCUT2D eigenvalue weighted by molar-refractivity contribution is -0.141. The summed E-state index contributed by atoms with van der Waals surface area (Å²) in [7, 11) is 0. The zero-order valence-electron chi connectivity index (χ0n) is 13.5. The van der Waals surface area contributed by atoms with Gasteiger partial charge in [-0.1, -0.05) is 30.3 Å². The van der Waals surface area contributed by atoms with E-state index in [9.17, 15) is 9.59 Å². The van der Waals surface area contributed by atoms with Crippen molar-refractivity contribution in [3.05, 3.63) is 53.7 Å². The first-order valence-electron chi connectivity index (χ1n) is 8.14. The predicted molar refractivity (Wildman–Crippen MR) is 85.5 cm³/mol. The maximum Gasteiger partial charge on any atom is 0.234 e. The third-order valence-electron chi connectivity index (χ3n) is 4.77. The lowest BCUT2D eigenvalue weighted by Gasteiger charge is -2.19. The molecule has 2 amide bonds. The highest BCUT2D eigenvalue weighted by atomic mass is 16.4. The number of oxazole rings is 1. The fraction of sp³-hybridized carbons (Fsp3) is 0.389. The summed E-state index contributed by atoms with van der Waals surface area (Å²) in [6, 6.07) is 10.1. The highest BCUT2D eigenvalue weighted by molar-refractivity contribution is 6.05. The molecule has 2 fully saturated rings. The van der Waals surface area contributed by atoms with E-state index in [0.717, 1.165) is 6.54 Å². The first-order valence-corrected chi connectivity index (χ1v) is 8.14. The van der Waals surface area contributed by atoms with Gasteiger partial charge in [0.05, 0.1) is 18.0 Å². The minimum atomic E-state index is -0.239. The van der Waals surface area contributed by atoms with E-state index in [1.165, 1.54) is 10.5 Å². The summed E-state index contributed by atoms with van der Waals surface area (Å²) in [5.74, 6) is 0.413. The molecular weight excluding hydrogens is 306 g/mol. The number of rotatable bonds is 4. The molecule has 2 saturated heterocycles. The van der Waals surface area contributed by atoms with Gasteiger partial charge >= 0.3 is 0 Å². The second-order valence-electron chi connectivity index (χ2n) is 6.52. The SMILES string of the molecule is Cc1cnc(CN2C(=O)[C@H]3CN(Cc4ccccc4)C[C@@H]3C2=O)o1. The van der Waals surface area contributed by atoms with Gasteiger partial charge in [0.1, 0.15) is 12.3 Å². The van der Waals surface area contributed by atoms with Gasteiger partial charge in [0, 0.05) is 19.6 Å². The summed E-state index contributed by atoms with van der Waals surface area (Å²) in [6.07, 6.45) is 1.60. The lowest BCUT2D eigenvalue weighted by Crippen LogP contribution is -2.35. The largest absolute Gasteiger partial charge is 0.444 e. The Hall–Kier alpha value is -2.47. The number of carbonyl (C=O) groups excluding carboxylic acids is 2. The Morgan fingerprint density at radius 3 is 2.33 bits per heavy atom. The average molecular weight is 325 g/mol. The molecule has 124 valence electrons. The summed E-state index contributed by atoms with van der Waals surface area (Å²) in [5, 5.41) is 0. The van der Waals surface area contributed by atoms with Gasteiger partial charge in [-0.25, -0.2) is 4.98 Å². The second kappa shape index (κ2) is 5.87. The van der Waals surface area contributed by atoms with Crippen molar-refractivity contribution in [3.63, 3.8) is 0 Å². The fourth-order valence-electron chi connectivity index (χ4n) is 3.63. The van der Waals surface area contributed by atoms with Crippen LogP contribution in [0.1, 0.15) is 17.2 Å². The number of hydrogen-bond donors (Lipinski definition) is 0. The van der Waals surface area contributed by atoms with Crippen molar-refractivity contribution in [1.29, 1.82) is 0 Å². The number of aromatic nitrogens is 1. The smallest absolute Gasteiger partial charge is 0.234 e. The van der Waals surface area contributed by atoms with Crippen LogP contribution in [-0.2, 0) is 22.7 Å². The molecule has 2 aromatic rings. The van der Waals surface area contributed by atoms with Crippen LogP contribution in [0.25, 0.3) is 0 Å². The van der Waals surface area contributed by atoms with Crippen molar-refractivity contribution in [2.24, 2.45) is 11.8 Å². The Labute approximate surface area is 140 Å². The van der Waals surface area contributed by atoms with Crippen molar-refractivity contribution in [3.8, 4) is 0 Å². The standard InChI is InChI=1S/C18H19N3O3/c1-12-7-19-16(24-12)11-21-17(22)14-9-20(10-15(14)18(21)23)8-13-5-3-2-4-6-13/h2-7,14-15H,8-11H2,1H3/t14-,15-/m0/s1. The average Bonchev–Trinajstić information content (AvgIpc) is 3.23. The molecule has 6 nitrogen and oxygen atoms in total. The molecule has 3 heterocycles. The minimum absolute atomic E-state index is 0.101. The number of likely N-dealkylation sites (tertiary alicyclic amines) is 2. The third-order valence-corrected chi connectivity index (χ3v) is 4.77. The van der Waals surface area contributed by atoms with E-state index in [-0.39, 0.29) is 30.2 Å². The molecule has 0 N–H and O–H groups in total. The number of amides is 2. The van der Waals surface area contributed by atoms with Gasteiger partial charge in [-0.2, -0.15) is 0 Å². The second-order valence-corrected chi connectivity index (χ2v) is 6.52. The number of aryl methyl sites for hydroxylation is 1. The van der Waals surface area contributed by atoms with Crippen LogP contribution in [0.5, 0.6) is 0 Å². The molecule has 2 aliphatic rings. The van der Waals surface area contributed by atoms with Crippen molar-refractivity contribution < 1.29 is 14.0 Å². The number of carbonyl (C=O) groups is 2. The molecule has 0 spiro atoms. The van der Waals surface area contributed by atoms with E-state index in [0.29, 0.717) is 24.7 Å². The van der Waals surface area contributed by atoms with Gasteiger partial charge in [0.25, 0.3) is 0 Å². The number of fused-ring (bicyclic) bond motifs is 1. The lowest BCUT2D eigenvalue weighted by atomic mass is 10.00. The van der Waals surface area contributed by atoms with Gasteiger partial charge in [-0.3, -0.25) is 19.4 Å². The molecular formula is C18H19N3O3. The number of benzene rings is 1. The van der Waals surface area contributed by atoms with Crippen LogP contribution in [0.2, 0.25) is 0 Å². The Bertz CT molecular complexity index is 747. The van der Waals surface area contributed by atoms with Gasteiger partial charge in [-0.15, -0.1) is 0 Å². The van der Waals surface area contributed by atoms with Crippen molar-refractivity contribution in [2.45, 2.75) is 20.0 Å². The zero-order valence-corrected chi connectivity index (χ0v) is 13.5. The van der Waals surface area contributed by atoms with Gasteiger partial charge in [0.15, 0.2) is 0 Å². The molecule has 24 heavy (non-hydrogen) atoms. The molecule has 0 saturated carbocycles. The predicted octanol–water partition coefficient (Wildman–Crippen LogP) is 1.60. The highest BCUT2D eigenvalue weighted by Crippen LogP contribution is 2.34. The van der Waals surface area contributed by atoms with Crippen LogP contribution in [0.4, 0.5) is 0 Å². The first-order chi connectivity index (χ1) is 11.6. The summed E-state index contributed by atoms with van der Waals surface area (Å²) >= 11 is 0. The van der Waals surface area contributed by atoms with Crippen molar-refractivity contribution >= 4 is 11.8 Å². The first kappa shape index (κ1) is 15.1. The van der Waals surface area contributed by atoms with Crippen LogP contribution in [-0.4, -0.2) is 39.7 Å². The summed E-state index contributed by atoms with van der Waals surface area (Å²) < 4.78 is 5.40. The molecule has 1 aromatic carbocycles. The topological polar surface area (TPSA) is 66.7 Å². The fourth-order valence-corrected chi connectivity index (χ4v) is 3.63. The quantitative estimate of drug-likeness (QED) is 0.799. The maximum atomic E-state index is 12.6. The van der Waals surface area contributed by atoms with Crippen LogP contribution in [0, 0.1) is 18.8 Å². The van der Waals surface area contributed by atoms with Crippen LogP contribution < -0.4 is 0 Å². The van der Waals surface area contributed by atoms with E-state index >= 15 is 0 Å². The number of nitrogens with zero attached hydrogens (tertiary/aromatic N) is 3. The van der Waals surface area contributed by atoms with E-state index in [1.807, 2.05) is 18.2 Å². The molecule has 0 unspecified atom stereocenters. The highest BCUT2D eigenvalue weighted by Gasteiger charge is 2.52. The Morgan fingerprint density at radius 2 is 1.75 bits per heavy atom. The van der Waals surface area contributed by atoms with E-state index in [2.05, 4.69) is 22.0 Å². The Balaban J connectivity index is 1.44. The molecule has 0 radical (unpaired) electrons. The molecule has 0 bridgehead atoms. The Kier molecular flexibility index (Phi) is 3.69. The van der Waals surface area contributed by atoms with Crippen LogP contribution >= 0.6 is 0 Å². The Morgan fingerprint density at radius 1 is 1.08 bits per heavy atom. The van der Waals surface area contributed by atoms with E-state index < -0.39 is 0 Å². The van der Waals surface area contributed by atoms with Crippen molar-refractivity contribution in [1.82, 2.24) is 14.8 Å². The molecule has 2 atom stereocenters.